The van der Waals surface area contributed by atoms with Gasteiger partial charge in [-0.15, -0.1) is 0 Å². The molecule has 1 N–H and O–H groups in total. The van der Waals surface area contributed by atoms with E-state index in [1.165, 1.54) is 7.11 Å². The molecule has 0 spiro atoms. The summed E-state index contributed by atoms with van der Waals surface area (Å²) in [4.78, 5) is 13.1. The average Bonchev–Trinajstić information content (AvgIpc) is 2.72. The summed E-state index contributed by atoms with van der Waals surface area (Å²) in [6, 6.07) is 0.967. The fraction of sp³-hybridized carbons (Fsp3) is 0.917. The third kappa shape index (κ3) is 3.37. The summed E-state index contributed by atoms with van der Waals surface area (Å²) in [7, 11) is 1.44. The van der Waals surface area contributed by atoms with E-state index in [-0.39, 0.29) is 6.09 Å². The molecule has 4 nitrogen and oxygen atoms in total. The van der Waals surface area contributed by atoms with Crippen LogP contribution in [-0.4, -0.2) is 43.3 Å². The summed E-state index contributed by atoms with van der Waals surface area (Å²) in [5, 5.41) is 3.62. The largest absolute Gasteiger partial charge is 0.453 e. The fourth-order valence-electron chi connectivity index (χ4n) is 2.28. The topological polar surface area (TPSA) is 41.6 Å². The lowest BCUT2D eigenvalue weighted by Crippen LogP contribution is -2.43. The molecule has 0 aromatic carbocycles. The third-order valence-corrected chi connectivity index (χ3v) is 3.32. The molecule has 0 bridgehead atoms. The van der Waals surface area contributed by atoms with Gasteiger partial charge in [0.1, 0.15) is 0 Å². The Bertz CT molecular complexity index is 231. The highest BCUT2D eigenvalue weighted by atomic mass is 16.5. The Hall–Kier alpha value is -0.770. The summed E-state index contributed by atoms with van der Waals surface area (Å²) in [5.74, 6) is 0.636. The smallest absolute Gasteiger partial charge is 0.409 e. The second-order valence-corrected chi connectivity index (χ2v) is 4.83. The van der Waals surface area contributed by atoms with Crippen LogP contribution >= 0.6 is 0 Å². The second kappa shape index (κ2) is 6.09. The average molecular weight is 228 g/mol. The molecule has 0 aromatic heterocycles. The van der Waals surface area contributed by atoms with Gasteiger partial charge < -0.3 is 15.0 Å². The zero-order chi connectivity index (χ0) is 12.1. The van der Waals surface area contributed by atoms with Gasteiger partial charge >= 0.3 is 6.09 Å². The van der Waals surface area contributed by atoms with Crippen LogP contribution in [0.5, 0.6) is 0 Å². The molecule has 0 saturated carbocycles. The Labute approximate surface area is 98.3 Å². The Morgan fingerprint density at radius 2 is 2.25 bits per heavy atom. The predicted octanol–water partition coefficient (Wildman–Crippen LogP) is 1.85. The van der Waals surface area contributed by atoms with Crippen molar-refractivity contribution in [3.63, 3.8) is 0 Å². The maximum atomic E-state index is 11.3. The molecular weight excluding hydrogens is 204 g/mol. The van der Waals surface area contributed by atoms with E-state index >= 15 is 0 Å². The van der Waals surface area contributed by atoms with Crippen molar-refractivity contribution in [2.45, 2.75) is 45.7 Å². The molecular formula is C12H24N2O2. The Kier molecular flexibility index (Phi) is 5.06. The normalized spacial score (nSPS) is 22.6. The van der Waals surface area contributed by atoms with E-state index in [1.807, 2.05) is 0 Å². The molecule has 0 aromatic rings. The molecule has 2 unspecified atom stereocenters. The molecule has 0 aliphatic carbocycles. The Morgan fingerprint density at radius 3 is 2.75 bits per heavy atom. The maximum absolute atomic E-state index is 11.3. The number of hydrogen-bond donors (Lipinski definition) is 1. The first-order chi connectivity index (χ1) is 7.58. The lowest BCUT2D eigenvalue weighted by Gasteiger charge is -2.25. The number of nitrogens with zero attached hydrogens (tertiary/aromatic N) is 1. The standard InChI is InChI=1S/C12H24N2O2/c1-5-11(9(2)3)13-10-6-7-14(8-10)12(15)16-4/h9-11,13H,5-8H2,1-4H3. The van der Waals surface area contributed by atoms with Crippen LogP contribution in [0.1, 0.15) is 33.6 Å². The van der Waals surface area contributed by atoms with E-state index in [9.17, 15) is 4.79 Å². The molecule has 2 atom stereocenters. The van der Waals surface area contributed by atoms with Gasteiger partial charge in [-0.25, -0.2) is 4.79 Å². The molecule has 16 heavy (non-hydrogen) atoms. The van der Waals surface area contributed by atoms with Gasteiger partial charge in [-0.2, -0.15) is 0 Å². The Balaban J connectivity index is 2.38. The molecule has 1 aliphatic heterocycles. The van der Waals surface area contributed by atoms with Crippen molar-refractivity contribution < 1.29 is 9.53 Å². The molecule has 1 rings (SSSR count). The highest BCUT2D eigenvalue weighted by Gasteiger charge is 2.28. The van der Waals surface area contributed by atoms with Gasteiger partial charge in [0.25, 0.3) is 0 Å². The van der Waals surface area contributed by atoms with Crippen LogP contribution in [0, 0.1) is 5.92 Å². The van der Waals surface area contributed by atoms with Crippen molar-refractivity contribution in [3.8, 4) is 0 Å². The molecule has 1 amide bonds. The van der Waals surface area contributed by atoms with Crippen LogP contribution < -0.4 is 5.32 Å². The summed E-state index contributed by atoms with van der Waals surface area (Å²) < 4.78 is 4.72. The molecule has 94 valence electrons. The quantitative estimate of drug-likeness (QED) is 0.798. The summed E-state index contributed by atoms with van der Waals surface area (Å²) in [6.45, 7) is 8.24. The third-order valence-electron chi connectivity index (χ3n) is 3.32. The fourth-order valence-corrected chi connectivity index (χ4v) is 2.28. The summed E-state index contributed by atoms with van der Waals surface area (Å²) in [6.07, 6.45) is 1.95. The van der Waals surface area contributed by atoms with Crippen molar-refractivity contribution in [1.82, 2.24) is 10.2 Å². The number of likely N-dealkylation sites (tertiary alicyclic amines) is 1. The number of ether oxygens (including phenoxy) is 1. The zero-order valence-electron chi connectivity index (χ0n) is 10.8. The van der Waals surface area contributed by atoms with E-state index in [4.69, 9.17) is 4.74 Å². The minimum atomic E-state index is -0.207. The van der Waals surface area contributed by atoms with Crippen LogP contribution in [0.2, 0.25) is 0 Å². The van der Waals surface area contributed by atoms with Gasteiger partial charge in [-0.1, -0.05) is 20.8 Å². The van der Waals surface area contributed by atoms with Crippen molar-refractivity contribution >= 4 is 6.09 Å². The minimum Gasteiger partial charge on any atom is -0.453 e. The lowest BCUT2D eigenvalue weighted by molar-refractivity contribution is 0.131. The minimum absolute atomic E-state index is 0.207. The lowest BCUT2D eigenvalue weighted by atomic mass is 10.0. The SMILES string of the molecule is CCC(NC1CCN(C(=O)OC)C1)C(C)C. The van der Waals surface area contributed by atoms with Gasteiger partial charge in [0, 0.05) is 25.2 Å². The van der Waals surface area contributed by atoms with Gasteiger partial charge in [-0.05, 0) is 18.8 Å². The van der Waals surface area contributed by atoms with Gasteiger partial charge in [0.15, 0.2) is 0 Å². The van der Waals surface area contributed by atoms with E-state index in [1.54, 1.807) is 4.90 Å². The van der Waals surface area contributed by atoms with Crippen LogP contribution in [0.3, 0.4) is 0 Å². The molecule has 1 heterocycles. The van der Waals surface area contributed by atoms with Crippen LogP contribution in [-0.2, 0) is 4.74 Å². The van der Waals surface area contributed by atoms with E-state index in [2.05, 4.69) is 26.1 Å². The second-order valence-electron chi connectivity index (χ2n) is 4.83. The molecule has 1 fully saturated rings. The highest BCUT2D eigenvalue weighted by molar-refractivity contribution is 5.67. The maximum Gasteiger partial charge on any atom is 0.409 e. The number of amides is 1. The first-order valence-corrected chi connectivity index (χ1v) is 6.17. The number of carbonyl (C=O) groups is 1. The zero-order valence-corrected chi connectivity index (χ0v) is 10.8. The predicted molar refractivity (Wildman–Crippen MR) is 64.4 cm³/mol. The molecule has 1 aliphatic rings. The van der Waals surface area contributed by atoms with Crippen molar-refractivity contribution in [3.05, 3.63) is 0 Å². The monoisotopic (exact) mass is 228 g/mol. The van der Waals surface area contributed by atoms with E-state index < -0.39 is 0 Å². The summed E-state index contributed by atoms with van der Waals surface area (Å²) in [5.41, 5.74) is 0. The highest BCUT2D eigenvalue weighted by Crippen LogP contribution is 2.14. The van der Waals surface area contributed by atoms with Crippen LogP contribution in [0.15, 0.2) is 0 Å². The van der Waals surface area contributed by atoms with E-state index in [0.29, 0.717) is 18.0 Å². The number of carbonyl (C=O) groups excluding carboxylic acids is 1. The number of hydrogen-bond acceptors (Lipinski definition) is 3. The van der Waals surface area contributed by atoms with Crippen LogP contribution in [0.4, 0.5) is 4.79 Å². The first kappa shape index (κ1) is 13.3. The number of methoxy groups -OCH3 is 1. The van der Waals surface area contributed by atoms with Crippen molar-refractivity contribution in [2.75, 3.05) is 20.2 Å². The molecule has 0 radical (unpaired) electrons. The number of rotatable bonds is 4. The molecule has 4 heteroatoms. The van der Waals surface area contributed by atoms with Crippen molar-refractivity contribution in [2.24, 2.45) is 5.92 Å². The first-order valence-electron chi connectivity index (χ1n) is 6.17. The number of nitrogens with one attached hydrogen (secondary N) is 1. The summed E-state index contributed by atoms with van der Waals surface area (Å²) >= 11 is 0. The van der Waals surface area contributed by atoms with E-state index in [0.717, 1.165) is 25.9 Å². The van der Waals surface area contributed by atoms with Crippen LogP contribution in [0.25, 0.3) is 0 Å². The van der Waals surface area contributed by atoms with Gasteiger partial charge in [0.2, 0.25) is 0 Å². The van der Waals surface area contributed by atoms with Crippen molar-refractivity contribution in [1.29, 1.82) is 0 Å². The Morgan fingerprint density at radius 1 is 1.56 bits per heavy atom. The van der Waals surface area contributed by atoms with Gasteiger partial charge in [0.05, 0.1) is 7.11 Å². The van der Waals surface area contributed by atoms with Gasteiger partial charge in [-0.3, -0.25) is 0 Å². The molecule has 1 saturated heterocycles.